The molecule has 3 rings (SSSR count). The van der Waals surface area contributed by atoms with Crippen LogP contribution in [-0.2, 0) is 6.42 Å². The van der Waals surface area contributed by atoms with E-state index in [-0.39, 0.29) is 5.78 Å². The van der Waals surface area contributed by atoms with Gasteiger partial charge in [-0.3, -0.25) is 4.79 Å². The largest absolute Gasteiger partial charge is 0.289 e. The van der Waals surface area contributed by atoms with E-state index in [4.69, 9.17) is 0 Å². The van der Waals surface area contributed by atoms with Crippen molar-refractivity contribution in [2.45, 2.75) is 6.42 Å². The molecule has 0 heterocycles. The summed E-state index contributed by atoms with van der Waals surface area (Å²) in [5.74, 6) is 0.161. The fourth-order valence-electron chi connectivity index (χ4n) is 2.23. The van der Waals surface area contributed by atoms with Gasteiger partial charge in [0, 0.05) is 22.0 Å². The van der Waals surface area contributed by atoms with Crippen molar-refractivity contribution in [1.82, 2.24) is 0 Å². The maximum absolute atomic E-state index is 12.2. The lowest BCUT2D eigenvalue weighted by molar-refractivity contribution is 0.104. The van der Waals surface area contributed by atoms with E-state index in [0.29, 0.717) is 0 Å². The topological polar surface area (TPSA) is 17.1 Å². The molecule has 0 N–H and O–H groups in total. The highest BCUT2D eigenvalue weighted by Crippen LogP contribution is 2.27. The molecule has 2 heteroatoms. The van der Waals surface area contributed by atoms with Crippen LogP contribution in [0.15, 0.2) is 58.6 Å². The standard InChI is InChI=1S/C16H11BrO/c17-14-7-5-11(6-8-14)9-13-10-12-3-1-2-4-15(12)16(13)18/h1-9H,10H2/b13-9-. The van der Waals surface area contributed by atoms with Crippen LogP contribution in [0, 0.1) is 0 Å². The van der Waals surface area contributed by atoms with Crippen LogP contribution < -0.4 is 0 Å². The van der Waals surface area contributed by atoms with Crippen molar-refractivity contribution in [1.29, 1.82) is 0 Å². The van der Waals surface area contributed by atoms with E-state index in [1.54, 1.807) is 0 Å². The molecule has 0 saturated heterocycles. The number of Topliss-reactive ketones (excluding diaryl/α,β-unsaturated/α-hetero) is 1. The lowest BCUT2D eigenvalue weighted by Gasteiger charge is -1.97. The molecule has 1 nitrogen and oxygen atoms in total. The van der Waals surface area contributed by atoms with Gasteiger partial charge in [0.15, 0.2) is 5.78 Å². The first-order valence-electron chi connectivity index (χ1n) is 5.83. The number of hydrogen-bond donors (Lipinski definition) is 0. The first-order chi connectivity index (χ1) is 8.74. The summed E-state index contributed by atoms with van der Waals surface area (Å²) in [4.78, 5) is 12.2. The van der Waals surface area contributed by atoms with Crippen LogP contribution in [0.25, 0.3) is 6.08 Å². The predicted octanol–water partition coefficient (Wildman–Crippen LogP) is 4.27. The number of ketones is 1. The molecule has 0 saturated carbocycles. The Morgan fingerprint density at radius 2 is 1.72 bits per heavy atom. The minimum absolute atomic E-state index is 0.161. The van der Waals surface area contributed by atoms with Gasteiger partial charge in [0.1, 0.15) is 0 Å². The van der Waals surface area contributed by atoms with Crippen LogP contribution >= 0.6 is 15.9 Å². The van der Waals surface area contributed by atoms with Gasteiger partial charge in [-0.1, -0.05) is 52.3 Å². The highest BCUT2D eigenvalue weighted by molar-refractivity contribution is 9.10. The third kappa shape index (κ3) is 2.04. The van der Waals surface area contributed by atoms with E-state index in [1.165, 1.54) is 0 Å². The molecular formula is C16H11BrO. The van der Waals surface area contributed by atoms with Gasteiger partial charge in [0.2, 0.25) is 0 Å². The molecule has 0 spiro atoms. The summed E-state index contributed by atoms with van der Waals surface area (Å²) in [6, 6.07) is 15.8. The van der Waals surface area contributed by atoms with Gasteiger partial charge >= 0.3 is 0 Å². The number of halogens is 1. The second-order valence-corrected chi connectivity index (χ2v) is 5.30. The quantitative estimate of drug-likeness (QED) is 0.719. The van der Waals surface area contributed by atoms with E-state index in [2.05, 4.69) is 15.9 Å². The zero-order valence-corrected chi connectivity index (χ0v) is 11.3. The zero-order valence-electron chi connectivity index (χ0n) is 9.69. The molecule has 88 valence electrons. The van der Waals surface area contributed by atoms with Crippen molar-refractivity contribution in [3.05, 3.63) is 75.3 Å². The van der Waals surface area contributed by atoms with Gasteiger partial charge in [-0.2, -0.15) is 0 Å². The van der Waals surface area contributed by atoms with Crippen molar-refractivity contribution in [3.63, 3.8) is 0 Å². The third-order valence-corrected chi connectivity index (χ3v) is 3.67. The second-order valence-electron chi connectivity index (χ2n) is 4.38. The molecule has 0 bridgehead atoms. The molecule has 2 aromatic rings. The lowest BCUT2D eigenvalue weighted by Crippen LogP contribution is -1.94. The highest BCUT2D eigenvalue weighted by Gasteiger charge is 2.23. The predicted molar refractivity (Wildman–Crippen MR) is 76.6 cm³/mol. The third-order valence-electron chi connectivity index (χ3n) is 3.15. The fraction of sp³-hybridized carbons (Fsp3) is 0.0625. The van der Waals surface area contributed by atoms with Crippen molar-refractivity contribution in [2.75, 3.05) is 0 Å². The minimum atomic E-state index is 0.161. The zero-order chi connectivity index (χ0) is 12.5. The molecule has 1 aliphatic carbocycles. The van der Waals surface area contributed by atoms with Crippen molar-refractivity contribution in [2.24, 2.45) is 0 Å². The first kappa shape index (κ1) is 11.4. The molecule has 0 fully saturated rings. The fourth-order valence-corrected chi connectivity index (χ4v) is 2.50. The summed E-state index contributed by atoms with van der Waals surface area (Å²) >= 11 is 3.41. The van der Waals surface area contributed by atoms with Crippen LogP contribution in [0.3, 0.4) is 0 Å². The SMILES string of the molecule is O=C1/C(=C\c2ccc(Br)cc2)Cc2ccccc21. The molecule has 0 atom stereocenters. The van der Waals surface area contributed by atoms with Crippen LogP contribution in [-0.4, -0.2) is 5.78 Å². The van der Waals surface area contributed by atoms with Gasteiger partial charge < -0.3 is 0 Å². The Balaban J connectivity index is 1.97. The smallest absolute Gasteiger partial charge is 0.189 e. The monoisotopic (exact) mass is 298 g/mol. The highest BCUT2D eigenvalue weighted by atomic mass is 79.9. The summed E-state index contributed by atoms with van der Waals surface area (Å²) in [5.41, 5.74) is 3.92. The summed E-state index contributed by atoms with van der Waals surface area (Å²) in [7, 11) is 0. The van der Waals surface area contributed by atoms with Crippen LogP contribution in [0.1, 0.15) is 21.5 Å². The van der Waals surface area contributed by atoms with Crippen molar-refractivity contribution < 1.29 is 4.79 Å². The van der Waals surface area contributed by atoms with E-state index >= 15 is 0 Å². The Morgan fingerprint density at radius 1 is 1.00 bits per heavy atom. The average molecular weight is 299 g/mol. The van der Waals surface area contributed by atoms with Crippen LogP contribution in [0.4, 0.5) is 0 Å². The van der Waals surface area contributed by atoms with Crippen molar-refractivity contribution >= 4 is 27.8 Å². The van der Waals surface area contributed by atoms with Crippen LogP contribution in [0.2, 0.25) is 0 Å². The molecule has 0 amide bonds. The number of allylic oxidation sites excluding steroid dienone is 1. The molecule has 0 radical (unpaired) electrons. The summed E-state index contributed by atoms with van der Waals surface area (Å²) in [6.07, 6.45) is 2.72. The molecule has 2 aromatic carbocycles. The Labute approximate surface area is 114 Å². The second kappa shape index (κ2) is 4.54. The molecule has 0 aliphatic heterocycles. The first-order valence-corrected chi connectivity index (χ1v) is 6.62. The normalized spacial score (nSPS) is 16.1. The number of hydrogen-bond acceptors (Lipinski definition) is 1. The molecule has 0 unspecified atom stereocenters. The Bertz CT molecular complexity index is 638. The number of carbonyl (C=O) groups excluding carboxylic acids is 1. The van der Waals surface area contributed by atoms with Gasteiger partial charge in [-0.05, 0) is 29.3 Å². The van der Waals surface area contributed by atoms with E-state index < -0.39 is 0 Å². The molecule has 18 heavy (non-hydrogen) atoms. The van der Waals surface area contributed by atoms with E-state index in [0.717, 1.165) is 33.2 Å². The summed E-state index contributed by atoms with van der Waals surface area (Å²) < 4.78 is 1.05. The summed E-state index contributed by atoms with van der Waals surface area (Å²) in [6.45, 7) is 0. The van der Waals surface area contributed by atoms with E-state index in [1.807, 2.05) is 54.6 Å². The number of rotatable bonds is 1. The van der Waals surface area contributed by atoms with E-state index in [9.17, 15) is 4.79 Å². The Morgan fingerprint density at radius 3 is 2.44 bits per heavy atom. The maximum atomic E-state index is 12.2. The average Bonchev–Trinajstić information content (AvgIpc) is 2.70. The van der Waals surface area contributed by atoms with Gasteiger partial charge in [-0.15, -0.1) is 0 Å². The Kier molecular flexibility index (Phi) is 2.88. The minimum Gasteiger partial charge on any atom is -0.289 e. The molecule has 1 aliphatic rings. The van der Waals surface area contributed by atoms with Crippen LogP contribution in [0.5, 0.6) is 0 Å². The molecular weight excluding hydrogens is 288 g/mol. The summed E-state index contributed by atoms with van der Waals surface area (Å²) in [5, 5.41) is 0. The maximum Gasteiger partial charge on any atom is 0.189 e. The number of benzene rings is 2. The van der Waals surface area contributed by atoms with Gasteiger partial charge in [0.05, 0.1) is 0 Å². The Hall–Kier alpha value is -1.67. The van der Waals surface area contributed by atoms with Gasteiger partial charge in [0.25, 0.3) is 0 Å². The molecule has 0 aromatic heterocycles. The number of carbonyl (C=O) groups is 1. The number of fused-ring (bicyclic) bond motifs is 1. The van der Waals surface area contributed by atoms with Crippen molar-refractivity contribution in [3.8, 4) is 0 Å². The van der Waals surface area contributed by atoms with Gasteiger partial charge in [-0.25, -0.2) is 0 Å². The lowest BCUT2D eigenvalue weighted by atomic mass is 10.1.